The molecule has 13 heavy (non-hydrogen) atoms. The molecule has 0 spiro atoms. The van der Waals surface area contributed by atoms with Gasteiger partial charge in [0, 0.05) is 11.1 Å². The van der Waals surface area contributed by atoms with E-state index in [-0.39, 0.29) is 0 Å². The molecule has 66 valence electrons. The maximum atomic E-state index is 5.19. The summed E-state index contributed by atoms with van der Waals surface area (Å²) in [5.74, 6) is 0.892. The second-order valence-electron chi connectivity index (χ2n) is 2.90. The predicted molar refractivity (Wildman–Crippen MR) is 51.3 cm³/mol. The molecule has 0 amide bonds. The van der Waals surface area contributed by atoms with Gasteiger partial charge in [-0.25, -0.2) is 0 Å². The fraction of sp³-hybridized carbons (Fsp3) is 0.182. The number of aromatic nitrogens is 1. The van der Waals surface area contributed by atoms with Crippen LogP contribution in [0.2, 0.25) is 0 Å². The van der Waals surface area contributed by atoms with Gasteiger partial charge in [0.15, 0.2) is 5.76 Å². The van der Waals surface area contributed by atoms with E-state index in [4.69, 9.17) is 4.52 Å². The molecule has 0 saturated carbocycles. The van der Waals surface area contributed by atoms with Crippen molar-refractivity contribution in [2.75, 3.05) is 0 Å². The first kappa shape index (κ1) is 8.05. The highest BCUT2D eigenvalue weighted by Crippen LogP contribution is 2.22. The van der Waals surface area contributed by atoms with Crippen LogP contribution in [0.4, 0.5) is 0 Å². The molecule has 0 aliphatic carbocycles. The monoisotopic (exact) mass is 173 g/mol. The lowest BCUT2D eigenvalue weighted by molar-refractivity contribution is 0.431. The summed E-state index contributed by atoms with van der Waals surface area (Å²) in [6.45, 7) is 2.10. The van der Waals surface area contributed by atoms with Crippen LogP contribution in [0.5, 0.6) is 0 Å². The summed E-state index contributed by atoms with van der Waals surface area (Å²) in [6.07, 6.45) is 2.73. The molecule has 0 N–H and O–H groups in total. The molecule has 1 heterocycles. The van der Waals surface area contributed by atoms with Crippen molar-refractivity contribution in [2.24, 2.45) is 0 Å². The summed E-state index contributed by atoms with van der Waals surface area (Å²) < 4.78 is 5.19. The SMILES string of the molecule is CCc1cnoc1-c1ccccc1. The molecule has 2 rings (SSSR count). The molecule has 0 saturated heterocycles. The molecule has 0 atom stereocenters. The summed E-state index contributed by atoms with van der Waals surface area (Å²) in [6, 6.07) is 10.0. The largest absolute Gasteiger partial charge is 0.356 e. The molecule has 0 aliphatic heterocycles. The molecule has 0 unspecified atom stereocenters. The first-order valence-electron chi connectivity index (χ1n) is 4.40. The topological polar surface area (TPSA) is 26.0 Å². The Balaban J connectivity index is 2.47. The van der Waals surface area contributed by atoms with Crippen LogP contribution in [0.1, 0.15) is 12.5 Å². The minimum Gasteiger partial charge on any atom is -0.356 e. The predicted octanol–water partition coefficient (Wildman–Crippen LogP) is 2.90. The van der Waals surface area contributed by atoms with Crippen LogP contribution >= 0.6 is 0 Å². The van der Waals surface area contributed by atoms with Gasteiger partial charge in [0.2, 0.25) is 0 Å². The maximum Gasteiger partial charge on any atom is 0.169 e. The molecule has 2 aromatic rings. The van der Waals surface area contributed by atoms with E-state index in [1.807, 2.05) is 30.3 Å². The van der Waals surface area contributed by atoms with Crippen LogP contribution in [0.15, 0.2) is 41.1 Å². The van der Waals surface area contributed by atoms with Crippen LogP contribution in [0, 0.1) is 0 Å². The Morgan fingerprint density at radius 1 is 1.23 bits per heavy atom. The second kappa shape index (κ2) is 3.44. The van der Waals surface area contributed by atoms with Crippen LogP contribution in [0.3, 0.4) is 0 Å². The average molecular weight is 173 g/mol. The van der Waals surface area contributed by atoms with E-state index >= 15 is 0 Å². The smallest absolute Gasteiger partial charge is 0.169 e. The van der Waals surface area contributed by atoms with Gasteiger partial charge in [-0.05, 0) is 6.42 Å². The Labute approximate surface area is 77.2 Å². The molecular formula is C11H11NO. The van der Waals surface area contributed by atoms with Crippen molar-refractivity contribution in [1.82, 2.24) is 5.16 Å². The van der Waals surface area contributed by atoms with Crippen LogP contribution < -0.4 is 0 Å². The minimum absolute atomic E-state index is 0.892. The third-order valence-electron chi connectivity index (χ3n) is 2.06. The Kier molecular flexibility index (Phi) is 2.13. The summed E-state index contributed by atoms with van der Waals surface area (Å²) in [5, 5.41) is 3.79. The van der Waals surface area contributed by atoms with E-state index in [0.29, 0.717) is 0 Å². The fourth-order valence-corrected chi connectivity index (χ4v) is 1.34. The number of aryl methyl sites for hydroxylation is 1. The standard InChI is InChI=1S/C11H11NO/c1-2-9-8-12-13-11(9)10-6-4-3-5-7-10/h3-8H,2H2,1H3. The van der Waals surface area contributed by atoms with Gasteiger partial charge >= 0.3 is 0 Å². The van der Waals surface area contributed by atoms with E-state index in [1.54, 1.807) is 6.20 Å². The van der Waals surface area contributed by atoms with Gasteiger partial charge in [0.25, 0.3) is 0 Å². The molecule has 0 fully saturated rings. The van der Waals surface area contributed by atoms with Crippen molar-refractivity contribution in [3.8, 4) is 11.3 Å². The Morgan fingerprint density at radius 3 is 2.69 bits per heavy atom. The summed E-state index contributed by atoms with van der Waals surface area (Å²) in [5.41, 5.74) is 2.25. The first-order chi connectivity index (χ1) is 6.42. The second-order valence-corrected chi connectivity index (χ2v) is 2.90. The van der Waals surface area contributed by atoms with Crippen molar-refractivity contribution in [3.63, 3.8) is 0 Å². The Bertz CT molecular complexity index is 378. The zero-order chi connectivity index (χ0) is 9.10. The lowest BCUT2D eigenvalue weighted by Gasteiger charge is -1.96. The molecule has 1 aromatic heterocycles. The van der Waals surface area contributed by atoms with E-state index < -0.39 is 0 Å². The van der Waals surface area contributed by atoms with E-state index in [0.717, 1.165) is 23.3 Å². The zero-order valence-corrected chi connectivity index (χ0v) is 7.53. The molecule has 2 heteroatoms. The molecule has 2 nitrogen and oxygen atoms in total. The molecular weight excluding hydrogens is 162 g/mol. The lowest BCUT2D eigenvalue weighted by atomic mass is 10.1. The highest BCUT2D eigenvalue weighted by Gasteiger charge is 2.07. The number of hydrogen-bond donors (Lipinski definition) is 0. The van der Waals surface area contributed by atoms with Crippen molar-refractivity contribution >= 4 is 0 Å². The van der Waals surface area contributed by atoms with E-state index in [1.165, 1.54) is 0 Å². The highest BCUT2D eigenvalue weighted by atomic mass is 16.5. The van der Waals surface area contributed by atoms with Crippen LogP contribution in [-0.2, 0) is 6.42 Å². The third kappa shape index (κ3) is 1.47. The summed E-state index contributed by atoms with van der Waals surface area (Å²) in [7, 11) is 0. The van der Waals surface area contributed by atoms with Crippen molar-refractivity contribution in [2.45, 2.75) is 13.3 Å². The normalized spacial score (nSPS) is 10.2. The minimum atomic E-state index is 0.892. The van der Waals surface area contributed by atoms with Crippen LogP contribution in [-0.4, -0.2) is 5.16 Å². The summed E-state index contributed by atoms with van der Waals surface area (Å²) in [4.78, 5) is 0. The van der Waals surface area contributed by atoms with Crippen molar-refractivity contribution < 1.29 is 4.52 Å². The van der Waals surface area contributed by atoms with Gasteiger partial charge in [0.05, 0.1) is 6.20 Å². The molecule has 1 aromatic carbocycles. The lowest BCUT2D eigenvalue weighted by Crippen LogP contribution is -1.80. The zero-order valence-electron chi connectivity index (χ0n) is 7.53. The third-order valence-corrected chi connectivity index (χ3v) is 2.06. The number of hydrogen-bond acceptors (Lipinski definition) is 2. The van der Waals surface area contributed by atoms with Crippen LogP contribution in [0.25, 0.3) is 11.3 Å². The quantitative estimate of drug-likeness (QED) is 0.697. The first-order valence-corrected chi connectivity index (χ1v) is 4.40. The molecule has 0 bridgehead atoms. The number of rotatable bonds is 2. The Hall–Kier alpha value is -1.57. The Morgan fingerprint density at radius 2 is 2.00 bits per heavy atom. The maximum absolute atomic E-state index is 5.19. The molecule has 0 aliphatic rings. The van der Waals surface area contributed by atoms with Gasteiger partial charge in [-0.2, -0.15) is 0 Å². The van der Waals surface area contributed by atoms with Gasteiger partial charge in [-0.3, -0.25) is 0 Å². The average Bonchev–Trinajstić information content (AvgIpc) is 2.67. The van der Waals surface area contributed by atoms with E-state index in [2.05, 4.69) is 12.1 Å². The van der Waals surface area contributed by atoms with Crippen molar-refractivity contribution in [1.29, 1.82) is 0 Å². The molecule has 0 radical (unpaired) electrons. The number of benzene rings is 1. The van der Waals surface area contributed by atoms with Gasteiger partial charge < -0.3 is 4.52 Å². The van der Waals surface area contributed by atoms with Gasteiger partial charge in [0.1, 0.15) is 0 Å². The fourth-order valence-electron chi connectivity index (χ4n) is 1.34. The van der Waals surface area contributed by atoms with Gasteiger partial charge in [-0.1, -0.05) is 42.4 Å². The summed E-state index contributed by atoms with van der Waals surface area (Å²) >= 11 is 0. The van der Waals surface area contributed by atoms with Gasteiger partial charge in [-0.15, -0.1) is 0 Å². The number of nitrogens with zero attached hydrogens (tertiary/aromatic N) is 1. The van der Waals surface area contributed by atoms with Crippen molar-refractivity contribution in [3.05, 3.63) is 42.1 Å². The highest BCUT2D eigenvalue weighted by molar-refractivity contribution is 5.60. The van der Waals surface area contributed by atoms with E-state index in [9.17, 15) is 0 Å².